The molecule has 478 valence electrons. The molecule has 1 saturated heterocycles. The molecule has 1 rings (SSSR count). The van der Waals surface area contributed by atoms with Crippen LogP contribution in [0.15, 0.2) is 146 Å². The second-order valence-corrected chi connectivity index (χ2v) is 21.6. The van der Waals surface area contributed by atoms with Crippen LogP contribution in [0.2, 0.25) is 0 Å². The fourth-order valence-electron chi connectivity index (χ4n) is 8.99. The largest absolute Gasteiger partial charge is 0.479 e. The molecule has 0 aromatic rings. The molecule has 0 aromatic heterocycles. The van der Waals surface area contributed by atoms with E-state index in [0.717, 1.165) is 180 Å². The van der Waals surface area contributed by atoms with Crippen LogP contribution in [0, 0.1) is 0 Å². The number of allylic oxidation sites excluding steroid dienone is 24. The van der Waals surface area contributed by atoms with Gasteiger partial charge >= 0.3 is 23.9 Å². The molecule has 0 amide bonds. The first-order valence-corrected chi connectivity index (χ1v) is 32.8. The lowest BCUT2D eigenvalue weighted by Crippen LogP contribution is -2.61. The molecule has 1 fully saturated rings. The van der Waals surface area contributed by atoms with Gasteiger partial charge in [0.05, 0.1) is 6.61 Å². The number of aliphatic carboxylic acids is 1. The average Bonchev–Trinajstić information content (AvgIpc) is 3.46. The van der Waals surface area contributed by atoms with Crippen molar-refractivity contribution >= 4 is 23.9 Å². The number of rotatable bonds is 54. The first-order valence-electron chi connectivity index (χ1n) is 32.8. The molecule has 0 spiro atoms. The smallest absolute Gasteiger partial charge is 0.335 e. The highest BCUT2D eigenvalue weighted by molar-refractivity contribution is 5.74. The number of aliphatic hydroxyl groups excluding tert-OH is 2. The van der Waals surface area contributed by atoms with Gasteiger partial charge in [0.15, 0.2) is 24.6 Å². The minimum Gasteiger partial charge on any atom is -0.479 e. The number of carbonyl (C=O) groups is 4. The number of esters is 3. The summed E-state index contributed by atoms with van der Waals surface area (Å²) in [4.78, 5) is 51.4. The molecule has 0 radical (unpaired) electrons. The van der Waals surface area contributed by atoms with Gasteiger partial charge in [-0.1, -0.05) is 231 Å². The highest BCUT2D eigenvalue weighted by Crippen LogP contribution is 2.26. The topological polar surface area (TPSA) is 175 Å². The van der Waals surface area contributed by atoms with Gasteiger partial charge in [0.1, 0.15) is 18.8 Å². The molecule has 0 aromatic carbocycles. The molecular formula is C73H114O12. The summed E-state index contributed by atoms with van der Waals surface area (Å²) in [5.41, 5.74) is 0. The molecular weight excluding hydrogens is 1070 g/mol. The number of carbonyl (C=O) groups excluding carboxylic acids is 3. The number of carboxylic acid groups (broad SMARTS) is 1. The molecule has 0 saturated carbocycles. The van der Waals surface area contributed by atoms with E-state index in [1.54, 1.807) is 0 Å². The second kappa shape index (κ2) is 59.0. The Bertz CT molecular complexity index is 2030. The van der Waals surface area contributed by atoms with Gasteiger partial charge in [-0.25, -0.2) is 4.79 Å². The van der Waals surface area contributed by atoms with Gasteiger partial charge in [-0.3, -0.25) is 14.4 Å². The minimum absolute atomic E-state index is 0.0358. The minimum atomic E-state index is -1.92. The Balaban J connectivity index is 2.71. The van der Waals surface area contributed by atoms with Gasteiger partial charge in [-0.15, -0.1) is 0 Å². The van der Waals surface area contributed by atoms with Crippen LogP contribution in [0.4, 0.5) is 0 Å². The van der Waals surface area contributed by atoms with Crippen LogP contribution in [0.3, 0.4) is 0 Å². The van der Waals surface area contributed by atoms with Crippen LogP contribution >= 0.6 is 0 Å². The highest BCUT2D eigenvalue weighted by Gasteiger charge is 2.50. The zero-order valence-electron chi connectivity index (χ0n) is 52.8. The van der Waals surface area contributed by atoms with Crippen molar-refractivity contribution in [3.8, 4) is 0 Å². The maximum atomic E-state index is 13.2. The number of carboxylic acids is 1. The molecule has 1 aliphatic heterocycles. The molecule has 0 aliphatic carbocycles. The Labute approximate surface area is 514 Å². The number of ether oxygens (including phenoxy) is 5. The van der Waals surface area contributed by atoms with Crippen molar-refractivity contribution in [1.29, 1.82) is 0 Å². The monoisotopic (exact) mass is 1180 g/mol. The van der Waals surface area contributed by atoms with Crippen LogP contribution in [-0.2, 0) is 42.9 Å². The van der Waals surface area contributed by atoms with E-state index in [9.17, 15) is 34.5 Å². The number of unbranched alkanes of at least 4 members (excludes halogenated alkanes) is 16. The summed E-state index contributed by atoms with van der Waals surface area (Å²) in [5.74, 6) is -3.21. The predicted molar refractivity (Wildman–Crippen MR) is 349 cm³/mol. The highest BCUT2D eigenvalue weighted by atomic mass is 16.7. The SMILES string of the molecule is CC/C=C\C/C=C\C/C=C\C/C=C\C/C=C\CCCCCC(=O)OCC(COC1OC(C(=O)O)C(O)C(O)C1OC(=O)CCCCCCCCC/C=C\C/C=C\C/C=C\CC)OC(=O)CCCCCCCC/C=C\C/C=C\C/C=C\C/C=C\CC. The molecule has 3 N–H and O–H groups in total. The molecule has 0 bridgehead atoms. The first kappa shape index (κ1) is 77.6. The molecule has 6 unspecified atom stereocenters. The third-order valence-corrected chi connectivity index (χ3v) is 13.9. The molecule has 1 aliphatic rings. The van der Waals surface area contributed by atoms with Crippen molar-refractivity contribution in [1.82, 2.24) is 0 Å². The molecule has 12 heteroatoms. The molecule has 6 atom stereocenters. The number of aliphatic hydroxyl groups is 2. The summed E-state index contributed by atoms with van der Waals surface area (Å²) in [5, 5.41) is 31.6. The van der Waals surface area contributed by atoms with Crippen LogP contribution in [0.25, 0.3) is 0 Å². The average molecular weight is 1180 g/mol. The predicted octanol–water partition coefficient (Wildman–Crippen LogP) is 17.9. The number of hydrogen-bond donors (Lipinski definition) is 3. The van der Waals surface area contributed by atoms with Crippen LogP contribution in [0.1, 0.15) is 239 Å². The van der Waals surface area contributed by atoms with E-state index in [4.69, 9.17) is 23.7 Å². The third-order valence-electron chi connectivity index (χ3n) is 13.9. The quantitative estimate of drug-likeness (QED) is 0.0228. The first-order chi connectivity index (χ1) is 41.6. The standard InChI is InChI=1S/C73H114O12/c1-4-7-10-13-16-19-22-25-28-31-33-36-38-41-44-47-50-53-56-59-65(74)81-62-64(83-66(75)60-57-54-51-48-45-42-40-37-34-32-29-26-23-20-17-14-11-8-5-2)63-82-73-71(69(78)68(77)70(85-73)72(79)80)84-67(76)61-58-55-52-49-46-43-39-35-30-27-24-21-18-15-12-9-6-3/h7-12,16-21,25-30,33-34,36-37,41,44,64,68-71,73,77-78H,4-6,13-15,22-24,31-32,35,38-40,42-43,45-63H2,1-3H3,(H,79,80)/b10-7-,11-8-,12-9-,19-16-,20-17-,21-18-,28-25-,29-26-,30-27-,36-33-,37-34-,44-41-. The van der Waals surface area contributed by atoms with E-state index < -0.39 is 67.3 Å². The van der Waals surface area contributed by atoms with Gasteiger partial charge < -0.3 is 39.0 Å². The van der Waals surface area contributed by atoms with Crippen molar-refractivity contribution in [3.05, 3.63) is 146 Å². The summed E-state index contributed by atoms with van der Waals surface area (Å²) in [6.45, 7) is 5.62. The lowest BCUT2D eigenvalue weighted by Gasteiger charge is -2.40. The van der Waals surface area contributed by atoms with Crippen molar-refractivity contribution in [2.24, 2.45) is 0 Å². The zero-order chi connectivity index (χ0) is 61.7. The van der Waals surface area contributed by atoms with E-state index in [2.05, 4.69) is 167 Å². The molecule has 85 heavy (non-hydrogen) atoms. The van der Waals surface area contributed by atoms with Gasteiger partial charge in [-0.2, -0.15) is 0 Å². The van der Waals surface area contributed by atoms with Gasteiger partial charge in [0, 0.05) is 19.3 Å². The maximum absolute atomic E-state index is 13.2. The fourth-order valence-corrected chi connectivity index (χ4v) is 8.99. The van der Waals surface area contributed by atoms with Gasteiger partial charge in [0.25, 0.3) is 0 Å². The summed E-state index contributed by atoms with van der Waals surface area (Å²) in [6, 6.07) is 0. The Morgan fingerprint density at radius 2 is 0.706 bits per heavy atom. The lowest BCUT2D eigenvalue weighted by atomic mass is 9.98. The molecule has 1 heterocycles. The van der Waals surface area contributed by atoms with E-state index in [1.165, 1.54) is 0 Å². The fraction of sp³-hybridized carbons (Fsp3) is 0.616. The zero-order valence-corrected chi connectivity index (χ0v) is 52.8. The molecule has 12 nitrogen and oxygen atoms in total. The van der Waals surface area contributed by atoms with E-state index in [-0.39, 0.29) is 25.9 Å². The Hall–Kier alpha value is -5.40. The van der Waals surface area contributed by atoms with Crippen LogP contribution in [-0.4, -0.2) is 89.2 Å². The Morgan fingerprint density at radius 1 is 0.388 bits per heavy atom. The second-order valence-electron chi connectivity index (χ2n) is 21.6. The van der Waals surface area contributed by atoms with Crippen LogP contribution in [0.5, 0.6) is 0 Å². The van der Waals surface area contributed by atoms with Gasteiger partial charge in [-0.05, 0) is 135 Å². The van der Waals surface area contributed by atoms with E-state index >= 15 is 0 Å². The lowest BCUT2D eigenvalue weighted by molar-refractivity contribution is -0.301. The number of hydrogen-bond acceptors (Lipinski definition) is 11. The van der Waals surface area contributed by atoms with Crippen LogP contribution < -0.4 is 0 Å². The summed E-state index contributed by atoms with van der Waals surface area (Å²) >= 11 is 0. The summed E-state index contributed by atoms with van der Waals surface area (Å²) < 4.78 is 28.5. The summed E-state index contributed by atoms with van der Waals surface area (Å²) in [6.07, 6.45) is 72.2. The van der Waals surface area contributed by atoms with Crippen molar-refractivity contribution < 1.29 is 58.2 Å². The van der Waals surface area contributed by atoms with Crippen molar-refractivity contribution in [2.45, 2.75) is 276 Å². The Kier molecular flexibility index (Phi) is 53.8. The normalized spacial score (nSPS) is 18.4. The summed E-state index contributed by atoms with van der Waals surface area (Å²) in [7, 11) is 0. The third kappa shape index (κ3) is 48.4. The van der Waals surface area contributed by atoms with Crippen molar-refractivity contribution in [3.63, 3.8) is 0 Å². The van der Waals surface area contributed by atoms with Crippen molar-refractivity contribution in [2.75, 3.05) is 13.2 Å². The maximum Gasteiger partial charge on any atom is 0.335 e. The van der Waals surface area contributed by atoms with E-state index in [1.807, 2.05) is 0 Å². The van der Waals surface area contributed by atoms with E-state index in [0.29, 0.717) is 19.3 Å². The Morgan fingerprint density at radius 3 is 1.08 bits per heavy atom. The van der Waals surface area contributed by atoms with Gasteiger partial charge in [0.2, 0.25) is 0 Å².